The third-order valence-corrected chi connectivity index (χ3v) is 5.71. The third kappa shape index (κ3) is 6.46. The average molecular weight is 556 g/mol. The average Bonchev–Trinajstić information content (AvgIpc) is 2.81. The topological polar surface area (TPSA) is 71.3 Å². The molecule has 0 spiro atoms. The van der Waals surface area contributed by atoms with Gasteiger partial charge >= 0.3 is 0 Å². The van der Waals surface area contributed by atoms with Gasteiger partial charge in [-0.15, -0.1) is 0 Å². The zero-order valence-electron chi connectivity index (χ0n) is 17.3. The summed E-state index contributed by atoms with van der Waals surface area (Å²) in [6.07, 6.45) is 1.54. The second-order valence-corrected chi connectivity index (χ2v) is 8.50. The molecule has 3 rings (SSSR count). The summed E-state index contributed by atoms with van der Waals surface area (Å²) < 4.78 is 12.5. The first-order chi connectivity index (χ1) is 15.5. The summed E-state index contributed by atoms with van der Waals surface area (Å²) in [6, 6.07) is 22.8. The maximum Gasteiger partial charge on any atom is 0.262 e. The Morgan fingerprint density at radius 3 is 2.28 bits per heavy atom. The summed E-state index contributed by atoms with van der Waals surface area (Å²) in [5.74, 6) is 0.943. The van der Waals surface area contributed by atoms with Gasteiger partial charge in [0.1, 0.15) is 29.7 Å². The number of methoxy groups -OCH3 is 1. The highest BCUT2D eigenvalue weighted by atomic mass is 79.9. The fraction of sp³-hybridized carbons (Fsp3) is 0.120. The van der Waals surface area contributed by atoms with Crippen molar-refractivity contribution in [1.29, 1.82) is 5.26 Å². The van der Waals surface area contributed by atoms with Crippen molar-refractivity contribution in [1.82, 2.24) is 5.32 Å². The molecule has 5 nitrogen and oxygen atoms in total. The van der Waals surface area contributed by atoms with Crippen LogP contribution in [0.15, 0.2) is 81.2 Å². The van der Waals surface area contributed by atoms with Crippen molar-refractivity contribution >= 4 is 43.8 Å². The van der Waals surface area contributed by atoms with Crippen LogP contribution in [-0.4, -0.2) is 13.0 Å². The van der Waals surface area contributed by atoms with Gasteiger partial charge in [-0.05, 0) is 78.9 Å². The van der Waals surface area contributed by atoms with Gasteiger partial charge in [-0.3, -0.25) is 4.79 Å². The van der Waals surface area contributed by atoms with Crippen LogP contribution in [0.4, 0.5) is 0 Å². The van der Waals surface area contributed by atoms with E-state index in [2.05, 4.69) is 37.2 Å². The van der Waals surface area contributed by atoms with Crippen LogP contribution in [0, 0.1) is 11.3 Å². The van der Waals surface area contributed by atoms with E-state index in [1.54, 1.807) is 25.3 Å². The second-order valence-electron chi connectivity index (χ2n) is 6.79. The molecular formula is C25H20Br2N2O3. The van der Waals surface area contributed by atoms with Crippen molar-refractivity contribution in [3.63, 3.8) is 0 Å². The lowest BCUT2D eigenvalue weighted by Gasteiger charge is -2.12. The van der Waals surface area contributed by atoms with Gasteiger partial charge in [0, 0.05) is 6.54 Å². The lowest BCUT2D eigenvalue weighted by atomic mass is 10.1. The Kier molecular flexibility index (Phi) is 8.48. The Labute approximate surface area is 203 Å². The van der Waals surface area contributed by atoms with Crippen LogP contribution in [0.5, 0.6) is 11.5 Å². The molecule has 32 heavy (non-hydrogen) atoms. The molecule has 3 aromatic carbocycles. The van der Waals surface area contributed by atoms with Gasteiger partial charge in [-0.25, -0.2) is 0 Å². The van der Waals surface area contributed by atoms with E-state index < -0.39 is 5.91 Å². The number of carbonyl (C=O) groups excluding carboxylic acids is 1. The van der Waals surface area contributed by atoms with Crippen molar-refractivity contribution in [2.24, 2.45) is 0 Å². The summed E-state index contributed by atoms with van der Waals surface area (Å²) in [4.78, 5) is 12.5. The summed E-state index contributed by atoms with van der Waals surface area (Å²) >= 11 is 7.03. The first-order valence-corrected chi connectivity index (χ1v) is 11.3. The number of benzene rings is 3. The zero-order chi connectivity index (χ0) is 22.9. The van der Waals surface area contributed by atoms with Gasteiger partial charge in [-0.1, -0.05) is 42.5 Å². The van der Waals surface area contributed by atoms with Crippen LogP contribution >= 0.6 is 31.9 Å². The molecule has 0 saturated carbocycles. The highest BCUT2D eigenvalue weighted by molar-refractivity contribution is 9.11. The number of carbonyl (C=O) groups is 1. The van der Waals surface area contributed by atoms with Crippen molar-refractivity contribution < 1.29 is 14.3 Å². The number of amides is 1. The SMILES string of the molecule is COc1ccc(CNC(=O)/C(C#N)=C\c2cc(Br)c(OCc3ccccc3)c(Br)c2)cc1. The van der Waals surface area contributed by atoms with E-state index >= 15 is 0 Å². The van der Waals surface area contributed by atoms with Crippen molar-refractivity contribution in [2.75, 3.05) is 7.11 Å². The lowest BCUT2D eigenvalue weighted by molar-refractivity contribution is -0.117. The second kappa shape index (κ2) is 11.5. The standard InChI is InChI=1S/C25H20Br2N2O3/c1-31-21-9-7-17(8-10-21)15-29-25(30)20(14-28)11-19-12-22(26)24(23(27)13-19)32-16-18-5-3-2-4-6-18/h2-13H,15-16H2,1H3,(H,29,30)/b20-11-. The number of ether oxygens (including phenoxy) is 2. The largest absolute Gasteiger partial charge is 0.497 e. The number of hydrogen-bond acceptors (Lipinski definition) is 4. The van der Waals surface area contributed by atoms with E-state index in [0.29, 0.717) is 33.4 Å². The molecule has 7 heteroatoms. The first-order valence-electron chi connectivity index (χ1n) is 9.69. The van der Waals surface area contributed by atoms with E-state index in [9.17, 15) is 10.1 Å². The number of halogens is 2. The normalized spacial score (nSPS) is 10.9. The van der Waals surface area contributed by atoms with E-state index in [1.807, 2.05) is 60.7 Å². The van der Waals surface area contributed by atoms with E-state index in [0.717, 1.165) is 16.9 Å². The minimum Gasteiger partial charge on any atom is -0.497 e. The fourth-order valence-electron chi connectivity index (χ4n) is 2.87. The molecule has 0 unspecified atom stereocenters. The fourth-order valence-corrected chi connectivity index (χ4v) is 4.32. The lowest BCUT2D eigenvalue weighted by Crippen LogP contribution is -2.23. The van der Waals surface area contributed by atoms with Crippen molar-refractivity contribution in [2.45, 2.75) is 13.2 Å². The molecule has 0 aliphatic rings. The molecule has 0 aliphatic heterocycles. The summed E-state index contributed by atoms with van der Waals surface area (Å²) in [7, 11) is 1.60. The Hall–Kier alpha value is -3.08. The van der Waals surface area contributed by atoms with Crippen LogP contribution in [0.2, 0.25) is 0 Å². The smallest absolute Gasteiger partial charge is 0.262 e. The molecule has 0 atom stereocenters. The predicted octanol–water partition coefficient (Wildman–Crippen LogP) is 6.02. The van der Waals surface area contributed by atoms with Gasteiger partial charge < -0.3 is 14.8 Å². The van der Waals surface area contributed by atoms with Crippen LogP contribution in [0.1, 0.15) is 16.7 Å². The molecule has 0 radical (unpaired) electrons. The molecule has 0 aliphatic carbocycles. The predicted molar refractivity (Wildman–Crippen MR) is 131 cm³/mol. The molecule has 0 aromatic heterocycles. The number of nitriles is 1. The molecule has 1 amide bonds. The summed E-state index contributed by atoms with van der Waals surface area (Å²) in [5.41, 5.74) is 2.65. The molecule has 162 valence electrons. The maximum absolute atomic E-state index is 12.5. The van der Waals surface area contributed by atoms with Crippen LogP contribution < -0.4 is 14.8 Å². The molecule has 0 saturated heterocycles. The number of rotatable bonds is 8. The van der Waals surface area contributed by atoms with Gasteiger partial charge in [0.25, 0.3) is 5.91 Å². The summed E-state index contributed by atoms with van der Waals surface area (Å²) in [6.45, 7) is 0.728. The third-order valence-electron chi connectivity index (χ3n) is 4.53. The molecule has 0 fully saturated rings. The first kappa shape index (κ1) is 23.6. The molecular weight excluding hydrogens is 536 g/mol. The Morgan fingerprint density at radius 2 is 1.69 bits per heavy atom. The van der Waals surface area contributed by atoms with Crippen LogP contribution in [0.25, 0.3) is 6.08 Å². The monoisotopic (exact) mass is 554 g/mol. The minimum atomic E-state index is -0.444. The molecule has 1 N–H and O–H groups in total. The maximum atomic E-state index is 12.5. The highest BCUT2D eigenvalue weighted by Gasteiger charge is 2.12. The quantitative estimate of drug-likeness (QED) is 0.272. The van der Waals surface area contributed by atoms with E-state index in [-0.39, 0.29) is 5.57 Å². The van der Waals surface area contributed by atoms with Crippen molar-refractivity contribution in [3.8, 4) is 17.6 Å². The number of hydrogen-bond donors (Lipinski definition) is 1. The molecule has 0 heterocycles. The summed E-state index contributed by atoms with van der Waals surface area (Å²) in [5, 5.41) is 12.3. The van der Waals surface area contributed by atoms with Crippen LogP contribution in [0.3, 0.4) is 0 Å². The Balaban J connectivity index is 1.68. The van der Waals surface area contributed by atoms with Gasteiger partial charge in [-0.2, -0.15) is 5.26 Å². The minimum absolute atomic E-state index is 0.00951. The van der Waals surface area contributed by atoms with Gasteiger partial charge in [0.2, 0.25) is 0 Å². The number of nitrogens with zero attached hydrogens (tertiary/aromatic N) is 1. The van der Waals surface area contributed by atoms with E-state index in [4.69, 9.17) is 9.47 Å². The van der Waals surface area contributed by atoms with Gasteiger partial charge in [0.15, 0.2) is 0 Å². The Morgan fingerprint density at radius 1 is 1.03 bits per heavy atom. The molecule has 0 bridgehead atoms. The van der Waals surface area contributed by atoms with Crippen LogP contribution in [-0.2, 0) is 17.9 Å². The van der Waals surface area contributed by atoms with Gasteiger partial charge in [0.05, 0.1) is 16.1 Å². The molecule has 3 aromatic rings. The number of nitrogens with one attached hydrogen (secondary N) is 1. The Bertz CT molecular complexity index is 1130. The highest BCUT2D eigenvalue weighted by Crippen LogP contribution is 2.36. The van der Waals surface area contributed by atoms with E-state index in [1.165, 1.54) is 0 Å². The zero-order valence-corrected chi connectivity index (χ0v) is 20.4. The van der Waals surface area contributed by atoms with Crippen molar-refractivity contribution in [3.05, 3.63) is 97.9 Å².